The second kappa shape index (κ2) is 14.1. The fraction of sp³-hybridized carbons (Fsp3) is 0.533. The summed E-state index contributed by atoms with van der Waals surface area (Å²) in [5, 5.41) is 11.3. The first-order valence-electron chi connectivity index (χ1n) is 14.0. The predicted octanol–water partition coefficient (Wildman–Crippen LogP) is 5.37. The number of alkyl carbamates (subject to hydrolysis) is 2. The smallest absolute Gasteiger partial charge is 0.407 e. The first kappa shape index (κ1) is 35.0. The summed E-state index contributed by atoms with van der Waals surface area (Å²) in [5.74, 6) is -7.34. The van der Waals surface area contributed by atoms with Gasteiger partial charge in [0.15, 0.2) is 23.3 Å². The first-order valence-corrected chi connectivity index (χ1v) is 14.0. The van der Waals surface area contributed by atoms with Gasteiger partial charge in [0, 0.05) is 50.1 Å². The van der Waals surface area contributed by atoms with Crippen molar-refractivity contribution < 1.29 is 45.4 Å². The van der Waals surface area contributed by atoms with Gasteiger partial charge < -0.3 is 30.7 Å². The molecule has 8 nitrogen and oxygen atoms in total. The van der Waals surface area contributed by atoms with Crippen molar-refractivity contribution in [2.45, 2.75) is 76.7 Å². The van der Waals surface area contributed by atoms with Gasteiger partial charge in [-0.3, -0.25) is 0 Å². The zero-order valence-corrected chi connectivity index (χ0v) is 25.3. The maximum absolute atomic E-state index is 13.9. The molecule has 2 aliphatic rings. The van der Waals surface area contributed by atoms with Crippen molar-refractivity contribution in [3.63, 3.8) is 0 Å². The third kappa shape index (κ3) is 9.74. The molecule has 2 heterocycles. The van der Waals surface area contributed by atoms with Gasteiger partial charge in [0.25, 0.3) is 0 Å². The summed E-state index contributed by atoms with van der Waals surface area (Å²) >= 11 is 0. The molecule has 2 aliphatic heterocycles. The topological polar surface area (TPSA) is 101 Å². The van der Waals surface area contributed by atoms with Crippen molar-refractivity contribution >= 4 is 12.2 Å². The summed E-state index contributed by atoms with van der Waals surface area (Å²) in [7, 11) is 0. The van der Waals surface area contributed by atoms with Gasteiger partial charge in [-0.1, -0.05) is 0 Å². The molecule has 0 saturated carbocycles. The Hall–Kier alpha value is -3.52. The zero-order chi connectivity index (χ0) is 33.0. The second-order valence-corrected chi connectivity index (χ2v) is 12.6. The maximum Gasteiger partial charge on any atom is 0.407 e. The molecule has 0 aromatic heterocycles. The van der Waals surface area contributed by atoms with Gasteiger partial charge in [0.2, 0.25) is 0 Å². The molecule has 2 saturated heterocycles. The molecule has 4 atom stereocenters. The van der Waals surface area contributed by atoms with Gasteiger partial charge in [-0.2, -0.15) is 0 Å². The lowest BCUT2D eigenvalue weighted by molar-refractivity contribution is 0.0492. The number of amides is 2. The molecule has 0 radical (unpaired) electrons. The third-order valence-electron chi connectivity index (χ3n) is 6.71. The van der Waals surface area contributed by atoms with Crippen LogP contribution in [0.25, 0.3) is 0 Å². The van der Waals surface area contributed by atoms with E-state index in [1.807, 2.05) is 0 Å². The molecule has 2 aromatic carbocycles. The van der Waals surface area contributed by atoms with E-state index in [-0.39, 0.29) is 11.1 Å². The number of hydrogen-bond acceptors (Lipinski definition) is 6. The molecule has 2 amide bonds. The zero-order valence-electron chi connectivity index (χ0n) is 25.3. The number of benzene rings is 2. The van der Waals surface area contributed by atoms with Gasteiger partial charge in [-0.25, -0.2) is 35.9 Å². The molecule has 14 heteroatoms. The van der Waals surface area contributed by atoms with Crippen molar-refractivity contribution in [1.29, 1.82) is 0 Å². The van der Waals surface area contributed by atoms with Crippen LogP contribution in [0, 0.1) is 34.9 Å². The molecule has 2 aromatic rings. The average molecular weight is 633 g/mol. The van der Waals surface area contributed by atoms with Gasteiger partial charge in [-0.15, -0.1) is 0 Å². The van der Waals surface area contributed by atoms with E-state index in [4.69, 9.17) is 9.47 Å². The van der Waals surface area contributed by atoms with Crippen LogP contribution in [0.2, 0.25) is 0 Å². The summed E-state index contributed by atoms with van der Waals surface area (Å²) in [4.78, 5) is 23.6. The van der Waals surface area contributed by atoms with Gasteiger partial charge >= 0.3 is 12.2 Å². The van der Waals surface area contributed by atoms with Crippen LogP contribution in [0.4, 0.5) is 35.9 Å². The van der Waals surface area contributed by atoms with Crippen LogP contribution in [0.15, 0.2) is 24.3 Å². The molecular formula is C30H38F6N4O4. The van der Waals surface area contributed by atoms with E-state index >= 15 is 0 Å². The van der Waals surface area contributed by atoms with Crippen molar-refractivity contribution in [3.8, 4) is 0 Å². The number of rotatable bonds is 4. The monoisotopic (exact) mass is 632 g/mol. The van der Waals surface area contributed by atoms with Crippen LogP contribution >= 0.6 is 0 Å². The number of ether oxygens (including phenoxy) is 2. The Morgan fingerprint density at radius 2 is 0.909 bits per heavy atom. The van der Waals surface area contributed by atoms with E-state index in [9.17, 15) is 35.9 Å². The Bertz CT molecular complexity index is 1250. The standard InChI is InChI=1S/2C15H19F3N2O2/c2*1-15(2,3)22-14(21)20-13-7-19-6-9(13)8-4-11(17)12(18)5-10(8)16/h2*4-5,9,13,19H,6-7H2,1-3H3,(H,20,21). The Kier molecular flexibility index (Phi) is 11.2. The molecule has 2 fully saturated rings. The minimum Gasteiger partial charge on any atom is -0.444 e. The lowest BCUT2D eigenvalue weighted by atomic mass is 9.93. The van der Waals surface area contributed by atoms with E-state index in [0.29, 0.717) is 38.3 Å². The number of hydrogen-bond donors (Lipinski definition) is 4. The quantitative estimate of drug-likeness (QED) is 0.267. The molecule has 4 unspecified atom stereocenters. The highest BCUT2D eigenvalue weighted by Crippen LogP contribution is 2.29. The van der Waals surface area contributed by atoms with Crippen LogP contribution in [-0.2, 0) is 9.47 Å². The highest BCUT2D eigenvalue weighted by atomic mass is 19.2. The molecule has 244 valence electrons. The van der Waals surface area contributed by atoms with E-state index in [2.05, 4.69) is 21.3 Å². The molecule has 0 spiro atoms. The minimum atomic E-state index is -1.23. The molecule has 44 heavy (non-hydrogen) atoms. The Balaban J connectivity index is 0.000000240. The highest BCUT2D eigenvalue weighted by Gasteiger charge is 2.35. The van der Waals surface area contributed by atoms with Crippen molar-refractivity contribution in [2.75, 3.05) is 26.2 Å². The lowest BCUT2D eigenvalue weighted by Crippen LogP contribution is -2.42. The summed E-state index contributed by atoms with van der Waals surface area (Å²) in [6, 6.07) is 1.79. The van der Waals surface area contributed by atoms with Crippen LogP contribution in [0.3, 0.4) is 0 Å². The lowest BCUT2D eigenvalue weighted by Gasteiger charge is -2.24. The van der Waals surface area contributed by atoms with Crippen LogP contribution in [0.1, 0.15) is 64.5 Å². The number of halogens is 6. The minimum absolute atomic E-state index is 0.0324. The van der Waals surface area contributed by atoms with Gasteiger partial charge in [-0.05, 0) is 64.8 Å². The maximum atomic E-state index is 13.9. The van der Waals surface area contributed by atoms with Crippen LogP contribution < -0.4 is 21.3 Å². The highest BCUT2D eigenvalue weighted by molar-refractivity contribution is 5.69. The van der Waals surface area contributed by atoms with Gasteiger partial charge in [0.1, 0.15) is 22.8 Å². The van der Waals surface area contributed by atoms with Crippen molar-refractivity contribution in [1.82, 2.24) is 21.3 Å². The largest absolute Gasteiger partial charge is 0.444 e. The van der Waals surface area contributed by atoms with Crippen molar-refractivity contribution in [2.24, 2.45) is 0 Å². The van der Waals surface area contributed by atoms with E-state index < -0.39 is 82.2 Å². The summed E-state index contributed by atoms with van der Waals surface area (Å²) < 4.78 is 90.8. The SMILES string of the molecule is CC(C)(C)OC(=O)NC1CNCC1c1cc(F)c(F)cc1F.CC(C)(C)OC(=O)NC1CNCC1c1cc(F)c(F)cc1F. The van der Waals surface area contributed by atoms with Crippen LogP contribution in [-0.4, -0.2) is 61.7 Å². The third-order valence-corrected chi connectivity index (χ3v) is 6.71. The molecule has 0 aliphatic carbocycles. The molecule has 0 bridgehead atoms. The fourth-order valence-corrected chi connectivity index (χ4v) is 4.88. The number of nitrogens with one attached hydrogen (secondary N) is 4. The van der Waals surface area contributed by atoms with Crippen molar-refractivity contribution in [3.05, 3.63) is 70.3 Å². The molecule has 4 N–H and O–H groups in total. The summed E-state index contributed by atoms with van der Waals surface area (Å²) in [6.07, 6.45) is -1.26. The Morgan fingerprint density at radius 3 is 1.23 bits per heavy atom. The normalized spacial score (nSPS) is 21.7. The van der Waals surface area contributed by atoms with E-state index in [1.54, 1.807) is 41.5 Å². The summed E-state index contributed by atoms with van der Waals surface area (Å²) in [6.45, 7) is 11.9. The predicted molar refractivity (Wildman–Crippen MR) is 150 cm³/mol. The van der Waals surface area contributed by atoms with E-state index in [0.717, 1.165) is 12.1 Å². The number of carbonyl (C=O) groups excluding carboxylic acids is 2. The Morgan fingerprint density at radius 1 is 0.591 bits per heavy atom. The fourth-order valence-electron chi connectivity index (χ4n) is 4.88. The first-order chi connectivity index (χ1) is 20.3. The second-order valence-electron chi connectivity index (χ2n) is 12.6. The summed E-state index contributed by atoms with van der Waals surface area (Å²) in [5.41, 5.74) is -1.24. The van der Waals surface area contributed by atoms with Gasteiger partial charge in [0.05, 0.1) is 12.1 Å². The molecule has 4 rings (SSSR count). The Labute approximate surface area is 252 Å². The molecular weight excluding hydrogens is 594 g/mol. The van der Waals surface area contributed by atoms with Crippen LogP contribution in [0.5, 0.6) is 0 Å². The average Bonchev–Trinajstić information content (AvgIpc) is 3.51. The van der Waals surface area contributed by atoms with E-state index in [1.165, 1.54) is 0 Å². The number of carbonyl (C=O) groups is 2.